The SMILES string of the molecule is C[Si](C)C1=Cc2c(c3ccccc3c3ccccc23)C1Cc1ccccc1. The van der Waals surface area contributed by atoms with Crippen LogP contribution >= 0.6 is 0 Å². The predicted octanol–water partition coefficient (Wildman–Crippen LogP) is 7.01. The Balaban J connectivity index is 1.82. The molecule has 1 aliphatic carbocycles. The molecule has 131 valence electrons. The van der Waals surface area contributed by atoms with Crippen molar-refractivity contribution in [2.45, 2.75) is 25.4 Å². The first-order valence-corrected chi connectivity index (χ1v) is 12.2. The Kier molecular flexibility index (Phi) is 3.98. The van der Waals surface area contributed by atoms with Crippen LogP contribution in [-0.4, -0.2) is 8.80 Å². The minimum absolute atomic E-state index is 0.501. The molecule has 5 rings (SSSR count). The lowest BCUT2D eigenvalue weighted by Crippen LogP contribution is -2.14. The summed E-state index contributed by atoms with van der Waals surface area (Å²) in [6.07, 6.45) is 3.63. The van der Waals surface area contributed by atoms with Gasteiger partial charge in [-0.3, -0.25) is 0 Å². The normalized spacial score (nSPS) is 16.1. The smallest absolute Gasteiger partial charge is 0.0745 e. The van der Waals surface area contributed by atoms with Crippen molar-refractivity contribution in [1.29, 1.82) is 0 Å². The molecule has 4 aromatic carbocycles. The van der Waals surface area contributed by atoms with Gasteiger partial charge in [-0.05, 0) is 44.7 Å². The lowest BCUT2D eigenvalue weighted by Gasteiger charge is -2.21. The molecule has 0 amide bonds. The molecule has 1 aliphatic rings. The van der Waals surface area contributed by atoms with Crippen LogP contribution in [0.15, 0.2) is 84.1 Å². The number of hydrogen-bond donors (Lipinski definition) is 0. The van der Waals surface area contributed by atoms with Crippen LogP contribution in [0.5, 0.6) is 0 Å². The van der Waals surface area contributed by atoms with Gasteiger partial charge >= 0.3 is 0 Å². The first kappa shape index (κ1) is 16.5. The van der Waals surface area contributed by atoms with Gasteiger partial charge in [-0.2, -0.15) is 0 Å². The molecule has 0 bridgehead atoms. The third-order valence-electron chi connectivity index (χ3n) is 5.90. The van der Waals surface area contributed by atoms with E-state index in [1.807, 2.05) is 0 Å². The Labute approximate surface area is 162 Å². The van der Waals surface area contributed by atoms with Gasteiger partial charge in [-0.1, -0.05) is 103 Å². The van der Waals surface area contributed by atoms with Crippen molar-refractivity contribution in [3.63, 3.8) is 0 Å². The Morgan fingerprint density at radius 2 is 1.22 bits per heavy atom. The molecule has 4 aromatic rings. The van der Waals surface area contributed by atoms with E-state index in [1.165, 1.54) is 32.7 Å². The lowest BCUT2D eigenvalue weighted by atomic mass is 9.86. The van der Waals surface area contributed by atoms with Crippen LogP contribution in [0.4, 0.5) is 0 Å². The van der Waals surface area contributed by atoms with E-state index in [-0.39, 0.29) is 0 Å². The minimum atomic E-state index is -0.521. The molecule has 0 aromatic heterocycles. The van der Waals surface area contributed by atoms with Crippen LogP contribution in [0.1, 0.15) is 22.6 Å². The second-order valence-corrected chi connectivity index (χ2v) is 10.3. The van der Waals surface area contributed by atoms with E-state index in [4.69, 9.17) is 0 Å². The zero-order chi connectivity index (χ0) is 18.4. The van der Waals surface area contributed by atoms with Crippen LogP contribution in [-0.2, 0) is 6.42 Å². The predicted molar refractivity (Wildman–Crippen MR) is 120 cm³/mol. The second kappa shape index (κ2) is 6.51. The van der Waals surface area contributed by atoms with Gasteiger partial charge in [0, 0.05) is 5.92 Å². The van der Waals surface area contributed by atoms with Crippen molar-refractivity contribution in [3.05, 3.63) is 101 Å². The fraction of sp³-hybridized carbons (Fsp3) is 0.154. The second-order valence-electron chi connectivity index (χ2n) is 7.76. The highest BCUT2D eigenvalue weighted by molar-refractivity contribution is 6.65. The number of allylic oxidation sites excluding steroid dienone is 1. The highest BCUT2D eigenvalue weighted by Gasteiger charge is 2.30. The summed E-state index contributed by atoms with van der Waals surface area (Å²) in [5.41, 5.74) is 4.45. The molecule has 0 spiro atoms. The highest BCUT2D eigenvalue weighted by Crippen LogP contribution is 2.47. The number of fused-ring (bicyclic) bond motifs is 6. The van der Waals surface area contributed by atoms with E-state index < -0.39 is 8.80 Å². The van der Waals surface area contributed by atoms with Crippen molar-refractivity contribution in [2.24, 2.45) is 0 Å². The van der Waals surface area contributed by atoms with E-state index in [1.54, 1.807) is 10.8 Å². The number of hydrogen-bond acceptors (Lipinski definition) is 0. The molecule has 0 heterocycles. The monoisotopic (exact) mass is 363 g/mol. The molecule has 1 radical (unpaired) electrons. The third-order valence-corrected chi connectivity index (χ3v) is 7.55. The molecule has 1 heteroatoms. The lowest BCUT2D eigenvalue weighted by molar-refractivity contribution is 0.841. The molecular formula is C26H23Si. The Hall–Kier alpha value is -2.64. The molecule has 0 aliphatic heterocycles. The molecule has 0 N–H and O–H groups in total. The maximum atomic E-state index is 2.53. The van der Waals surface area contributed by atoms with E-state index in [2.05, 4.69) is 98.0 Å². The van der Waals surface area contributed by atoms with Crippen LogP contribution in [0.2, 0.25) is 13.1 Å². The molecule has 0 saturated carbocycles. The summed E-state index contributed by atoms with van der Waals surface area (Å²) in [6.45, 7) is 4.87. The third kappa shape index (κ3) is 2.65. The van der Waals surface area contributed by atoms with Crippen molar-refractivity contribution >= 4 is 36.4 Å². The molecule has 0 fully saturated rings. The summed E-state index contributed by atoms with van der Waals surface area (Å²) in [7, 11) is -0.521. The van der Waals surface area contributed by atoms with Crippen molar-refractivity contribution in [2.75, 3.05) is 0 Å². The summed E-state index contributed by atoms with van der Waals surface area (Å²) in [5, 5.41) is 7.27. The zero-order valence-electron chi connectivity index (χ0n) is 15.9. The minimum Gasteiger partial charge on any atom is -0.0748 e. The van der Waals surface area contributed by atoms with E-state index in [0.29, 0.717) is 5.92 Å². The van der Waals surface area contributed by atoms with Gasteiger partial charge in [0.25, 0.3) is 0 Å². The average Bonchev–Trinajstić information content (AvgIpc) is 3.09. The largest absolute Gasteiger partial charge is 0.0748 e. The first-order valence-electron chi connectivity index (χ1n) is 9.73. The molecule has 1 atom stereocenters. The Morgan fingerprint density at radius 3 is 1.89 bits per heavy atom. The average molecular weight is 364 g/mol. The maximum absolute atomic E-state index is 2.53. The van der Waals surface area contributed by atoms with E-state index in [0.717, 1.165) is 6.42 Å². The van der Waals surface area contributed by atoms with Gasteiger partial charge < -0.3 is 0 Å². The molecule has 0 saturated heterocycles. The molecule has 1 unspecified atom stereocenters. The standard InChI is InChI=1S/C26H23Si/c1-27(2)25-17-23-21-14-7-6-12-19(21)20-13-8-9-15-22(20)26(23)24(25)16-18-10-4-3-5-11-18/h3-15,17,24H,16H2,1-2H3. The van der Waals surface area contributed by atoms with Crippen molar-refractivity contribution < 1.29 is 0 Å². The van der Waals surface area contributed by atoms with E-state index in [9.17, 15) is 0 Å². The Morgan fingerprint density at radius 1 is 0.667 bits per heavy atom. The summed E-state index contributed by atoms with van der Waals surface area (Å²) < 4.78 is 0. The van der Waals surface area contributed by atoms with Crippen LogP contribution in [0, 0.1) is 0 Å². The van der Waals surface area contributed by atoms with Crippen LogP contribution < -0.4 is 0 Å². The topological polar surface area (TPSA) is 0 Å². The quantitative estimate of drug-likeness (QED) is 0.271. The Bertz CT molecular complexity index is 1170. The fourth-order valence-electron chi connectivity index (χ4n) is 4.69. The van der Waals surface area contributed by atoms with Gasteiger partial charge in [0.2, 0.25) is 0 Å². The summed E-state index contributed by atoms with van der Waals surface area (Å²) in [6, 6.07) is 28.9. The van der Waals surface area contributed by atoms with Crippen molar-refractivity contribution in [3.8, 4) is 0 Å². The van der Waals surface area contributed by atoms with Crippen molar-refractivity contribution in [1.82, 2.24) is 0 Å². The van der Waals surface area contributed by atoms with Gasteiger partial charge in [-0.25, -0.2) is 0 Å². The first-order chi connectivity index (χ1) is 13.2. The molecule has 0 nitrogen and oxygen atoms in total. The summed E-state index contributed by atoms with van der Waals surface area (Å²) >= 11 is 0. The molecule has 27 heavy (non-hydrogen) atoms. The van der Waals surface area contributed by atoms with Gasteiger partial charge in [0.1, 0.15) is 0 Å². The van der Waals surface area contributed by atoms with Crippen LogP contribution in [0.3, 0.4) is 0 Å². The maximum Gasteiger partial charge on any atom is 0.0745 e. The number of benzene rings is 4. The summed E-state index contributed by atoms with van der Waals surface area (Å²) in [5.74, 6) is 0.501. The van der Waals surface area contributed by atoms with Crippen LogP contribution in [0.25, 0.3) is 27.6 Å². The van der Waals surface area contributed by atoms with Gasteiger partial charge in [-0.15, -0.1) is 0 Å². The van der Waals surface area contributed by atoms with E-state index >= 15 is 0 Å². The van der Waals surface area contributed by atoms with Gasteiger partial charge in [0.05, 0.1) is 8.80 Å². The number of rotatable bonds is 3. The highest BCUT2D eigenvalue weighted by atomic mass is 28.3. The molecular weight excluding hydrogens is 340 g/mol. The fourth-order valence-corrected chi connectivity index (χ4v) is 6.07. The summed E-state index contributed by atoms with van der Waals surface area (Å²) in [4.78, 5) is 0. The zero-order valence-corrected chi connectivity index (χ0v) is 16.9. The van der Waals surface area contributed by atoms with Gasteiger partial charge in [0.15, 0.2) is 0 Å².